The van der Waals surface area contributed by atoms with Crippen LogP contribution in [0.5, 0.6) is 5.75 Å². The van der Waals surface area contributed by atoms with E-state index in [1.807, 2.05) is 0 Å². The van der Waals surface area contributed by atoms with Crippen LogP contribution in [0.4, 0.5) is 0 Å². The topological polar surface area (TPSA) is 90.0 Å². The number of unbranched alkanes of at least 4 members (excludes halogenated alkanes) is 1. The van der Waals surface area contributed by atoms with Crippen LogP contribution in [0.1, 0.15) is 62.7 Å². The first-order valence-electron chi connectivity index (χ1n) is 10.2. The number of rotatable bonds is 11. The quantitative estimate of drug-likeness (QED) is 0.244. The van der Waals surface area contributed by atoms with Gasteiger partial charge in [0.15, 0.2) is 5.78 Å². The van der Waals surface area contributed by atoms with Crippen LogP contribution in [0.3, 0.4) is 0 Å². The van der Waals surface area contributed by atoms with Gasteiger partial charge < -0.3 is 14.4 Å². The molecule has 1 unspecified atom stereocenters. The van der Waals surface area contributed by atoms with Crippen LogP contribution in [0.2, 0.25) is 0 Å². The largest absolute Gasteiger partial charge is 0.494 e. The van der Waals surface area contributed by atoms with Crippen LogP contribution >= 0.6 is 0 Å². The van der Waals surface area contributed by atoms with Gasteiger partial charge in [-0.15, -0.1) is 0 Å². The maximum Gasteiger partial charge on any atom is 0.376 e. The van der Waals surface area contributed by atoms with Crippen LogP contribution < -0.4 is 4.74 Å². The van der Waals surface area contributed by atoms with Crippen LogP contribution in [0.15, 0.2) is 24.3 Å². The van der Waals surface area contributed by atoms with Crippen molar-refractivity contribution in [3.63, 3.8) is 0 Å². The summed E-state index contributed by atoms with van der Waals surface area (Å²) in [6, 6.07) is 6.10. The molecule has 1 amide bonds. The molecule has 0 N–H and O–H groups in total. The Balaban J connectivity index is 1.86. The minimum Gasteiger partial charge on any atom is -0.494 e. The van der Waals surface area contributed by atoms with E-state index in [0.29, 0.717) is 37.3 Å². The molecular weight excluding hydrogens is 374 g/mol. The molecule has 1 heterocycles. The van der Waals surface area contributed by atoms with Crippen molar-refractivity contribution in [1.82, 2.24) is 4.90 Å². The first kappa shape index (κ1) is 22.6. The van der Waals surface area contributed by atoms with E-state index in [9.17, 15) is 19.2 Å². The lowest BCUT2D eigenvalue weighted by Gasteiger charge is -2.22. The monoisotopic (exact) mass is 403 g/mol. The van der Waals surface area contributed by atoms with Gasteiger partial charge in [-0.25, -0.2) is 4.79 Å². The average molecular weight is 403 g/mol. The molecule has 0 radical (unpaired) electrons. The molecule has 2 rings (SSSR count). The van der Waals surface area contributed by atoms with E-state index < -0.39 is 17.8 Å². The molecule has 7 nitrogen and oxygen atoms in total. The predicted molar refractivity (Wildman–Crippen MR) is 107 cm³/mol. The number of esters is 1. The Bertz CT molecular complexity index is 727. The van der Waals surface area contributed by atoms with E-state index in [2.05, 4.69) is 6.92 Å². The van der Waals surface area contributed by atoms with Gasteiger partial charge in [-0.1, -0.05) is 13.3 Å². The highest BCUT2D eigenvalue weighted by molar-refractivity contribution is 6.36. The smallest absolute Gasteiger partial charge is 0.376 e. The third-order valence-electron chi connectivity index (χ3n) is 4.86. The Morgan fingerprint density at radius 2 is 1.79 bits per heavy atom. The number of carbonyl (C=O) groups excluding carboxylic acids is 4. The Morgan fingerprint density at radius 3 is 2.45 bits per heavy atom. The van der Waals surface area contributed by atoms with Gasteiger partial charge in [0, 0.05) is 24.9 Å². The van der Waals surface area contributed by atoms with Gasteiger partial charge in [0.25, 0.3) is 5.78 Å². The third kappa shape index (κ3) is 6.41. The molecule has 1 aliphatic heterocycles. The van der Waals surface area contributed by atoms with Crippen molar-refractivity contribution in [1.29, 1.82) is 0 Å². The first-order chi connectivity index (χ1) is 14.0. The van der Waals surface area contributed by atoms with E-state index in [1.165, 1.54) is 4.90 Å². The van der Waals surface area contributed by atoms with Gasteiger partial charge in [0.2, 0.25) is 5.91 Å². The number of likely N-dealkylation sites (tertiary alicyclic amines) is 1. The van der Waals surface area contributed by atoms with E-state index in [0.717, 1.165) is 12.8 Å². The normalized spacial score (nSPS) is 15.8. The summed E-state index contributed by atoms with van der Waals surface area (Å²) in [4.78, 5) is 50.2. The van der Waals surface area contributed by atoms with Gasteiger partial charge in [0.05, 0.1) is 13.2 Å². The summed E-state index contributed by atoms with van der Waals surface area (Å²) in [7, 11) is 0. The summed E-state index contributed by atoms with van der Waals surface area (Å²) in [5.74, 6) is -1.33. The first-order valence-corrected chi connectivity index (χ1v) is 10.2. The molecule has 0 spiro atoms. The lowest BCUT2D eigenvalue weighted by Crippen LogP contribution is -2.43. The maximum absolute atomic E-state index is 12.5. The van der Waals surface area contributed by atoms with Crippen molar-refractivity contribution in [2.24, 2.45) is 0 Å². The second kappa shape index (κ2) is 11.3. The number of ether oxygens (including phenoxy) is 2. The molecule has 158 valence electrons. The molecule has 7 heteroatoms. The van der Waals surface area contributed by atoms with E-state index in [1.54, 1.807) is 31.2 Å². The number of benzene rings is 1. The number of nitrogens with zero attached hydrogens (tertiary/aromatic N) is 1. The lowest BCUT2D eigenvalue weighted by atomic mass is 10.1. The Labute approximate surface area is 171 Å². The number of ketones is 2. The van der Waals surface area contributed by atoms with Gasteiger partial charge in [-0.3, -0.25) is 14.4 Å². The summed E-state index contributed by atoms with van der Waals surface area (Å²) in [6.45, 7) is 4.87. The maximum atomic E-state index is 12.5. The molecule has 29 heavy (non-hydrogen) atoms. The highest BCUT2D eigenvalue weighted by Crippen LogP contribution is 2.21. The molecule has 1 aromatic rings. The summed E-state index contributed by atoms with van der Waals surface area (Å²) in [6.07, 6.45) is 3.16. The highest BCUT2D eigenvalue weighted by atomic mass is 16.5. The standard InChI is InChI=1S/C22H29NO6/c1-3-5-15-29-17-10-8-16(9-11-17)19(24)12-13-20(25)23-14-6-7-18(23)21(26)22(27)28-4-2/h8-11,18H,3-7,12-15H2,1-2H3. The van der Waals surface area contributed by atoms with Crippen LogP contribution in [-0.2, 0) is 19.1 Å². The van der Waals surface area contributed by atoms with Crippen molar-refractivity contribution in [2.45, 2.75) is 58.4 Å². The van der Waals surface area contributed by atoms with E-state index in [4.69, 9.17) is 9.47 Å². The molecular formula is C22H29NO6. The number of hydrogen-bond donors (Lipinski definition) is 0. The lowest BCUT2D eigenvalue weighted by molar-refractivity contribution is -0.156. The van der Waals surface area contributed by atoms with Crippen LogP contribution in [0.25, 0.3) is 0 Å². The van der Waals surface area contributed by atoms with Crippen molar-refractivity contribution >= 4 is 23.4 Å². The molecule has 0 saturated carbocycles. The molecule has 1 fully saturated rings. The fraction of sp³-hybridized carbons (Fsp3) is 0.545. The van der Waals surface area contributed by atoms with Crippen molar-refractivity contribution < 1.29 is 28.7 Å². The number of amides is 1. The fourth-order valence-corrected chi connectivity index (χ4v) is 3.26. The summed E-state index contributed by atoms with van der Waals surface area (Å²) in [5, 5.41) is 0. The van der Waals surface area contributed by atoms with Gasteiger partial charge in [0.1, 0.15) is 11.8 Å². The van der Waals surface area contributed by atoms with Crippen molar-refractivity contribution in [3.8, 4) is 5.75 Å². The molecule has 1 atom stereocenters. The van der Waals surface area contributed by atoms with E-state index >= 15 is 0 Å². The zero-order chi connectivity index (χ0) is 21.2. The fourth-order valence-electron chi connectivity index (χ4n) is 3.26. The zero-order valence-electron chi connectivity index (χ0n) is 17.1. The van der Waals surface area contributed by atoms with Crippen LogP contribution in [-0.4, -0.2) is 54.1 Å². The Hall–Kier alpha value is -2.70. The number of carbonyl (C=O) groups is 4. The molecule has 1 aromatic carbocycles. The van der Waals surface area contributed by atoms with Gasteiger partial charge in [-0.2, -0.15) is 0 Å². The highest BCUT2D eigenvalue weighted by Gasteiger charge is 2.37. The SMILES string of the molecule is CCCCOc1ccc(C(=O)CCC(=O)N2CCCC2C(=O)C(=O)OCC)cc1. The molecule has 0 aliphatic carbocycles. The molecule has 0 bridgehead atoms. The minimum absolute atomic E-state index is 0.000189. The third-order valence-corrected chi connectivity index (χ3v) is 4.86. The minimum atomic E-state index is -0.908. The second-order valence-corrected chi connectivity index (χ2v) is 6.98. The van der Waals surface area contributed by atoms with Gasteiger partial charge >= 0.3 is 5.97 Å². The summed E-state index contributed by atoms with van der Waals surface area (Å²) in [5.41, 5.74) is 0.515. The summed E-state index contributed by atoms with van der Waals surface area (Å²) >= 11 is 0. The molecule has 0 aromatic heterocycles. The Kier molecular flexibility index (Phi) is 8.83. The molecule has 1 aliphatic rings. The van der Waals surface area contributed by atoms with Gasteiger partial charge in [-0.05, 0) is 50.5 Å². The summed E-state index contributed by atoms with van der Waals surface area (Å²) < 4.78 is 10.3. The average Bonchev–Trinajstić information content (AvgIpc) is 3.22. The van der Waals surface area contributed by atoms with Crippen molar-refractivity contribution in [2.75, 3.05) is 19.8 Å². The van der Waals surface area contributed by atoms with Crippen molar-refractivity contribution in [3.05, 3.63) is 29.8 Å². The number of Topliss-reactive ketones (excluding diaryl/α,β-unsaturated/α-hetero) is 2. The van der Waals surface area contributed by atoms with Crippen LogP contribution in [0, 0.1) is 0 Å². The predicted octanol–water partition coefficient (Wildman–Crippen LogP) is 2.95. The second-order valence-electron chi connectivity index (χ2n) is 6.98. The Morgan fingerprint density at radius 1 is 1.07 bits per heavy atom. The zero-order valence-corrected chi connectivity index (χ0v) is 17.1. The number of hydrogen-bond acceptors (Lipinski definition) is 6. The van der Waals surface area contributed by atoms with E-state index in [-0.39, 0.29) is 31.1 Å². The molecule has 1 saturated heterocycles.